The molecule has 3 rings (SSSR count). The van der Waals surface area contributed by atoms with Crippen molar-refractivity contribution >= 4 is 27.0 Å². The van der Waals surface area contributed by atoms with Gasteiger partial charge in [0.2, 0.25) is 0 Å². The van der Waals surface area contributed by atoms with E-state index in [2.05, 4.69) is 43.3 Å². The maximum atomic E-state index is 5.67. The standard InChI is InChI=1S/C20H24BrN3O2/c1-3-26-18-12-14(11-15(21)20(18)25-2)13-22-10-6-9-19-23-16-7-4-5-8-17(16)24-19/h4-5,7-8,11-12,22H,3,6,9-10,13H2,1-2H3,(H,23,24). The number of halogens is 1. The molecule has 0 radical (unpaired) electrons. The van der Waals surface area contributed by atoms with Crippen LogP contribution >= 0.6 is 15.9 Å². The van der Waals surface area contributed by atoms with Gasteiger partial charge in [-0.1, -0.05) is 12.1 Å². The van der Waals surface area contributed by atoms with Gasteiger partial charge in [0.05, 0.1) is 29.2 Å². The molecule has 0 saturated carbocycles. The summed E-state index contributed by atoms with van der Waals surface area (Å²) >= 11 is 3.55. The Labute approximate surface area is 162 Å². The number of hydrogen-bond acceptors (Lipinski definition) is 4. The number of aromatic nitrogens is 2. The van der Waals surface area contributed by atoms with E-state index < -0.39 is 0 Å². The molecule has 1 aromatic heterocycles. The van der Waals surface area contributed by atoms with Crippen molar-refractivity contribution in [3.63, 3.8) is 0 Å². The number of fused-ring (bicyclic) bond motifs is 1. The Balaban J connectivity index is 1.50. The summed E-state index contributed by atoms with van der Waals surface area (Å²) in [4.78, 5) is 7.98. The highest BCUT2D eigenvalue weighted by molar-refractivity contribution is 9.10. The average Bonchev–Trinajstić information content (AvgIpc) is 3.04. The molecule has 6 heteroatoms. The van der Waals surface area contributed by atoms with Crippen LogP contribution in [0, 0.1) is 0 Å². The second-order valence-corrected chi connectivity index (χ2v) is 6.88. The van der Waals surface area contributed by atoms with E-state index in [0.717, 1.165) is 64.3 Å². The molecule has 0 amide bonds. The first-order valence-corrected chi connectivity index (χ1v) is 9.64. The maximum Gasteiger partial charge on any atom is 0.174 e. The van der Waals surface area contributed by atoms with Crippen molar-refractivity contribution in [3.05, 3.63) is 52.3 Å². The van der Waals surface area contributed by atoms with Crippen LogP contribution in [0.5, 0.6) is 11.5 Å². The van der Waals surface area contributed by atoms with E-state index >= 15 is 0 Å². The fraction of sp³-hybridized carbons (Fsp3) is 0.350. The minimum absolute atomic E-state index is 0.608. The smallest absolute Gasteiger partial charge is 0.174 e. The van der Waals surface area contributed by atoms with Crippen molar-refractivity contribution < 1.29 is 9.47 Å². The lowest BCUT2D eigenvalue weighted by Gasteiger charge is -2.13. The number of hydrogen-bond donors (Lipinski definition) is 2. The van der Waals surface area contributed by atoms with Gasteiger partial charge in [0.15, 0.2) is 11.5 Å². The van der Waals surface area contributed by atoms with Gasteiger partial charge in [-0.15, -0.1) is 0 Å². The zero-order chi connectivity index (χ0) is 18.4. The summed E-state index contributed by atoms with van der Waals surface area (Å²) in [7, 11) is 1.65. The summed E-state index contributed by atoms with van der Waals surface area (Å²) in [5.74, 6) is 2.54. The summed E-state index contributed by atoms with van der Waals surface area (Å²) in [5.41, 5.74) is 3.29. The van der Waals surface area contributed by atoms with Crippen molar-refractivity contribution in [3.8, 4) is 11.5 Å². The van der Waals surface area contributed by atoms with Gasteiger partial charge in [-0.2, -0.15) is 0 Å². The highest BCUT2D eigenvalue weighted by atomic mass is 79.9. The van der Waals surface area contributed by atoms with E-state index in [4.69, 9.17) is 9.47 Å². The van der Waals surface area contributed by atoms with Crippen LogP contribution in [0.25, 0.3) is 11.0 Å². The molecule has 1 heterocycles. The molecule has 0 aliphatic heterocycles. The number of aryl methyl sites for hydroxylation is 1. The van der Waals surface area contributed by atoms with E-state index in [9.17, 15) is 0 Å². The third kappa shape index (κ3) is 4.56. The van der Waals surface area contributed by atoms with E-state index in [1.165, 1.54) is 0 Å². The monoisotopic (exact) mass is 417 g/mol. The first-order chi connectivity index (χ1) is 12.7. The van der Waals surface area contributed by atoms with Gasteiger partial charge < -0.3 is 19.8 Å². The minimum atomic E-state index is 0.608. The number of methoxy groups -OCH3 is 1. The van der Waals surface area contributed by atoms with Crippen LogP contribution in [-0.2, 0) is 13.0 Å². The molecular weight excluding hydrogens is 394 g/mol. The number of imidazole rings is 1. The molecule has 0 bridgehead atoms. The molecule has 0 aliphatic rings. The summed E-state index contributed by atoms with van der Waals surface area (Å²) in [6, 6.07) is 12.2. The number of aromatic amines is 1. The molecule has 0 atom stereocenters. The molecule has 3 aromatic rings. The Kier molecular flexibility index (Phi) is 6.52. The highest BCUT2D eigenvalue weighted by Gasteiger charge is 2.11. The summed E-state index contributed by atoms with van der Waals surface area (Å²) in [6.45, 7) is 4.28. The zero-order valence-electron chi connectivity index (χ0n) is 15.1. The number of rotatable bonds is 9. The normalized spacial score (nSPS) is 11.0. The molecule has 26 heavy (non-hydrogen) atoms. The summed E-state index contributed by atoms with van der Waals surface area (Å²) < 4.78 is 12.0. The lowest BCUT2D eigenvalue weighted by atomic mass is 10.2. The number of ether oxygens (including phenoxy) is 2. The lowest BCUT2D eigenvalue weighted by Crippen LogP contribution is -2.15. The van der Waals surface area contributed by atoms with Crippen molar-refractivity contribution in [1.82, 2.24) is 15.3 Å². The van der Waals surface area contributed by atoms with Crippen molar-refractivity contribution in [2.45, 2.75) is 26.3 Å². The maximum absolute atomic E-state index is 5.67. The fourth-order valence-electron chi connectivity index (χ4n) is 2.92. The van der Waals surface area contributed by atoms with Crippen LogP contribution in [0.1, 0.15) is 24.7 Å². The number of benzene rings is 2. The summed E-state index contributed by atoms with van der Waals surface area (Å²) in [6.07, 6.45) is 1.95. The Morgan fingerprint density at radius 2 is 2.08 bits per heavy atom. The first kappa shape index (κ1) is 18.7. The lowest BCUT2D eigenvalue weighted by molar-refractivity contribution is 0.309. The van der Waals surface area contributed by atoms with Crippen LogP contribution in [-0.4, -0.2) is 30.2 Å². The molecule has 0 saturated heterocycles. The van der Waals surface area contributed by atoms with Crippen LogP contribution in [0.2, 0.25) is 0 Å². The van der Waals surface area contributed by atoms with Crippen molar-refractivity contribution in [1.29, 1.82) is 0 Å². The molecule has 5 nitrogen and oxygen atoms in total. The molecular formula is C20H24BrN3O2. The Morgan fingerprint density at radius 1 is 1.23 bits per heavy atom. The first-order valence-electron chi connectivity index (χ1n) is 8.84. The third-order valence-corrected chi connectivity index (χ3v) is 4.70. The van der Waals surface area contributed by atoms with Crippen molar-refractivity contribution in [2.24, 2.45) is 0 Å². The van der Waals surface area contributed by atoms with Gasteiger partial charge >= 0.3 is 0 Å². The molecule has 0 aliphatic carbocycles. The van der Waals surface area contributed by atoms with Crippen LogP contribution in [0.4, 0.5) is 0 Å². The van der Waals surface area contributed by atoms with E-state index in [-0.39, 0.29) is 0 Å². The minimum Gasteiger partial charge on any atom is -0.492 e. The van der Waals surface area contributed by atoms with Gasteiger partial charge in [0.1, 0.15) is 5.82 Å². The molecule has 2 aromatic carbocycles. The van der Waals surface area contributed by atoms with E-state index in [1.54, 1.807) is 7.11 Å². The van der Waals surface area contributed by atoms with Gasteiger partial charge in [-0.05, 0) is 65.6 Å². The molecule has 0 unspecified atom stereocenters. The quantitative estimate of drug-likeness (QED) is 0.504. The van der Waals surface area contributed by atoms with Crippen LogP contribution < -0.4 is 14.8 Å². The van der Waals surface area contributed by atoms with Gasteiger partial charge in [-0.3, -0.25) is 0 Å². The molecule has 138 valence electrons. The number of H-pyrrole nitrogens is 1. The predicted octanol–water partition coefficient (Wildman–Crippen LogP) is 4.46. The van der Waals surface area contributed by atoms with E-state index in [1.807, 2.05) is 31.2 Å². The van der Waals surface area contributed by atoms with Crippen molar-refractivity contribution in [2.75, 3.05) is 20.3 Å². The Hall–Kier alpha value is -2.05. The largest absolute Gasteiger partial charge is 0.492 e. The van der Waals surface area contributed by atoms with Gasteiger partial charge in [-0.25, -0.2) is 4.98 Å². The van der Waals surface area contributed by atoms with Gasteiger partial charge in [0.25, 0.3) is 0 Å². The second kappa shape index (κ2) is 9.05. The predicted molar refractivity (Wildman–Crippen MR) is 108 cm³/mol. The molecule has 2 N–H and O–H groups in total. The fourth-order valence-corrected chi connectivity index (χ4v) is 3.57. The van der Waals surface area contributed by atoms with E-state index in [0.29, 0.717) is 6.61 Å². The summed E-state index contributed by atoms with van der Waals surface area (Å²) in [5, 5.41) is 3.48. The Morgan fingerprint density at radius 3 is 2.85 bits per heavy atom. The average molecular weight is 418 g/mol. The number of para-hydroxylation sites is 2. The second-order valence-electron chi connectivity index (χ2n) is 6.02. The third-order valence-electron chi connectivity index (χ3n) is 4.11. The molecule has 0 spiro atoms. The topological polar surface area (TPSA) is 59.2 Å². The highest BCUT2D eigenvalue weighted by Crippen LogP contribution is 2.36. The van der Waals surface area contributed by atoms with Gasteiger partial charge in [0, 0.05) is 13.0 Å². The SMILES string of the molecule is CCOc1cc(CNCCCc2nc3ccccc3[nH]2)cc(Br)c1OC. The number of nitrogens with zero attached hydrogens (tertiary/aromatic N) is 1. The Bertz CT molecular complexity index is 830. The molecule has 0 fully saturated rings. The number of nitrogens with one attached hydrogen (secondary N) is 2. The zero-order valence-corrected chi connectivity index (χ0v) is 16.7. The van der Waals surface area contributed by atoms with Crippen LogP contribution in [0.3, 0.4) is 0 Å². The van der Waals surface area contributed by atoms with Crippen LogP contribution in [0.15, 0.2) is 40.9 Å².